The van der Waals surface area contributed by atoms with Gasteiger partial charge in [-0.1, -0.05) is 42.5 Å². The maximum atomic E-state index is 6.04. The van der Waals surface area contributed by atoms with Gasteiger partial charge in [-0.3, -0.25) is 4.40 Å². The van der Waals surface area contributed by atoms with E-state index in [0.29, 0.717) is 5.95 Å². The second kappa shape index (κ2) is 4.59. The molecule has 0 aliphatic carbocycles. The number of nitrogens with zero attached hydrogens (tertiary/aromatic N) is 3. The number of para-hydroxylation sites is 1. The Morgan fingerprint density at radius 2 is 1.67 bits per heavy atom. The first-order valence-electron chi connectivity index (χ1n) is 6.87. The van der Waals surface area contributed by atoms with E-state index in [2.05, 4.69) is 17.1 Å². The van der Waals surface area contributed by atoms with Gasteiger partial charge in [-0.2, -0.15) is 0 Å². The molecule has 0 radical (unpaired) electrons. The van der Waals surface area contributed by atoms with Gasteiger partial charge in [-0.15, -0.1) is 0 Å². The molecule has 0 amide bonds. The highest BCUT2D eigenvalue weighted by molar-refractivity contribution is 5.92. The SMILES string of the molecule is Nc1nc2ccccc2c2nc(Cc3ccccc3)cn12. The number of anilines is 1. The fraction of sp³-hybridized carbons (Fsp3) is 0.0588. The van der Waals surface area contributed by atoms with Gasteiger partial charge in [0.05, 0.1) is 11.2 Å². The Morgan fingerprint density at radius 3 is 2.52 bits per heavy atom. The van der Waals surface area contributed by atoms with Crippen LogP contribution in [-0.2, 0) is 6.42 Å². The summed E-state index contributed by atoms with van der Waals surface area (Å²) < 4.78 is 1.86. The predicted molar refractivity (Wildman–Crippen MR) is 84.2 cm³/mol. The van der Waals surface area contributed by atoms with Crippen LogP contribution in [0.2, 0.25) is 0 Å². The molecule has 4 aromatic rings. The smallest absolute Gasteiger partial charge is 0.206 e. The molecule has 0 saturated carbocycles. The van der Waals surface area contributed by atoms with Gasteiger partial charge in [-0.25, -0.2) is 9.97 Å². The van der Waals surface area contributed by atoms with Crippen LogP contribution < -0.4 is 5.73 Å². The van der Waals surface area contributed by atoms with Gasteiger partial charge in [0.25, 0.3) is 0 Å². The van der Waals surface area contributed by atoms with Crippen LogP contribution in [0.25, 0.3) is 16.6 Å². The van der Waals surface area contributed by atoms with Gasteiger partial charge < -0.3 is 5.73 Å². The lowest BCUT2D eigenvalue weighted by Crippen LogP contribution is -2.00. The maximum absolute atomic E-state index is 6.04. The van der Waals surface area contributed by atoms with Crippen LogP contribution in [0.5, 0.6) is 0 Å². The molecule has 2 heterocycles. The maximum Gasteiger partial charge on any atom is 0.206 e. The Kier molecular flexibility index (Phi) is 2.60. The van der Waals surface area contributed by atoms with Crippen molar-refractivity contribution >= 4 is 22.5 Å². The minimum atomic E-state index is 0.468. The molecule has 0 atom stereocenters. The van der Waals surface area contributed by atoms with E-state index in [1.54, 1.807) is 0 Å². The summed E-state index contributed by atoms with van der Waals surface area (Å²) in [6, 6.07) is 18.2. The monoisotopic (exact) mass is 274 g/mol. The average molecular weight is 274 g/mol. The molecule has 2 aromatic carbocycles. The number of hydrogen-bond donors (Lipinski definition) is 1. The molecule has 4 rings (SSSR count). The number of benzene rings is 2. The quantitative estimate of drug-likeness (QED) is 0.611. The summed E-state index contributed by atoms with van der Waals surface area (Å²) in [4.78, 5) is 9.16. The number of rotatable bonds is 2. The van der Waals surface area contributed by atoms with Gasteiger partial charge >= 0.3 is 0 Å². The van der Waals surface area contributed by atoms with E-state index < -0.39 is 0 Å². The van der Waals surface area contributed by atoms with Gasteiger partial charge in [0.15, 0.2) is 0 Å². The molecule has 2 aromatic heterocycles. The molecule has 4 heteroatoms. The number of fused-ring (bicyclic) bond motifs is 3. The third kappa shape index (κ3) is 2.01. The highest BCUT2D eigenvalue weighted by Gasteiger charge is 2.09. The lowest BCUT2D eigenvalue weighted by molar-refractivity contribution is 1.10. The van der Waals surface area contributed by atoms with Crippen LogP contribution in [0.15, 0.2) is 60.8 Å². The van der Waals surface area contributed by atoms with Crippen molar-refractivity contribution in [2.24, 2.45) is 0 Å². The zero-order chi connectivity index (χ0) is 14.2. The van der Waals surface area contributed by atoms with Gasteiger partial charge in [0.1, 0.15) is 5.65 Å². The largest absolute Gasteiger partial charge is 0.369 e. The number of aromatic nitrogens is 3. The molecule has 0 unspecified atom stereocenters. The van der Waals surface area contributed by atoms with Gasteiger partial charge in [0.2, 0.25) is 5.95 Å². The molecule has 4 nitrogen and oxygen atoms in total. The normalized spacial score (nSPS) is 11.2. The lowest BCUT2D eigenvalue weighted by Gasteiger charge is -2.02. The Morgan fingerprint density at radius 1 is 0.905 bits per heavy atom. The zero-order valence-corrected chi connectivity index (χ0v) is 11.4. The van der Waals surface area contributed by atoms with Crippen molar-refractivity contribution in [1.82, 2.24) is 14.4 Å². The summed E-state index contributed by atoms with van der Waals surface area (Å²) in [6.07, 6.45) is 2.76. The molecular weight excluding hydrogens is 260 g/mol. The number of hydrogen-bond acceptors (Lipinski definition) is 3. The highest BCUT2D eigenvalue weighted by atomic mass is 15.1. The Hall–Kier alpha value is -2.88. The summed E-state index contributed by atoms with van der Waals surface area (Å²) in [6.45, 7) is 0. The average Bonchev–Trinajstić information content (AvgIpc) is 2.93. The first-order valence-corrected chi connectivity index (χ1v) is 6.87. The minimum absolute atomic E-state index is 0.468. The van der Waals surface area contributed by atoms with Crippen molar-refractivity contribution in [3.8, 4) is 0 Å². The number of nitrogens with two attached hydrogens (primary N) is 1. The fourth-order valence-electron chi connectivity index (χ4n) is 2.62. The van der Waals surface area contributed by atoms with Crippen LogP contribution in [0.1, 0.15) is 11.3 Å². The predicted octanol–water partition coefficient (Wildman–Crippen LogP) is 3.06. The van der Waals surface area contributed by atoms with Crippen LogP contribution in [-0.4, -0.2) is 14.4 Å². The van der Waals surface area contributed by atoms with Crippen molar-refractivity contribution in [3.63, 3.8) is 0 Å². The third-order valence-electron chi connectivity index (χ3n) is 3.61. The van der Waals surface area contributed by atoms with Crippen LogP contribution in [0.3, 0.4) is 0 Å². The lowest BCUT2D eigenvalue weighted by atomic mass is 10.1. The standard InChI is InChI=1S/C17H14N4/c18-17-20-15-9-5-4-8-14(15)16-19-13(11-21(16)17)10-12-6-2-1-3-7-12/h1-9,11H,10H2,(H2,18,20). The summed E-state index contributed by atoms with van der Waals surface area (Å²) in [5.41, 5.74) is 10.0. The summed E-state index contributed by atoms with van der Waals surface area (Å²) in [7, 11) is 0. The Bertz CT molecular complexity index is 925. The molecule has 0 saturated heterocycles. The van der Waals surface area contributed by atoms with Crippen molar-refractivity contribution in [2.75, 3.05) is 5.73 Å². The topological polar surface area (TPSA) is 56.2 Å². The molecule has 0 aliphatic rings. The Labute approximate surface area is 121 Å². The van der Waals surface area contributed by atoms with Gasteiger partial charge in [0, 0.05) is 18.0 Å². The fourth-order valence-corrected chi connectivity index (χ4v) is 2.62. The molecule has 21 heavy (non-hydrogen) atoms. The third-order valence-corrected chi connectivity index (χ3v) is 3.61. The first kappa shape index (κ1) is 11.9. The number of nitrogen functional groups attached to an aromatic ring is 1. The van der Waals surface area contributed by atoms with Crippen molar-refractivity contribution < 1.29 is 0 Å². The Balaban J connectivity index is 1.89. The minimum Gasteiger partial charge on any atom is -0.369 e. The van der Waals surface area contributed by atoms with Crippen molar-refractivity contribution in [2.45, 2.75) is 6.42 Å². The van der Waals surface area contributed by atoms with E-state index in [1.165, 1.54) is 5.56 Å². The van der Waals surface area contributed by atoms with E-state index in [-0.39, 0.29) is 0 Å². The highest BCUT2D eigenvalue weighted by Crippen LogP contribution is 2.21. The van der Waals surface area contributed by atoms with E-state index in [1.807, 2.05) is 53.1 Å². The van der Waals surface area contributed by atoms with E-state index in [4.69, 9.17) is 10.7 Å². The first-order chi connectivity index (χ1) is 10.3. The molecule has 2 N–H and O–H groups in total. The molecular formula is C17H14N4. The summed E-state index contributed by atoms with van der Waals surface area (Å²) >= 11 is 0. The number of imidazole rings is 1. The molecule has 0 spiro atoms. The zero-order valence-electron chi connectivity index (χ0n) is 11.4. The molecule has 0 fully saturated rings. The summed E-state index contributed by atoms with van der Waals surface area (Å²) in [5, 5.41) is 1.02. The van der Waals surface area contributed by atoms with Crippen LogP contribution in [0, 0.1) is 0 Å². The van der Waals surface area contributed by atoms with Crippen LogP contribution in [0.4, 0.5) is 5.95 Å². The van der Waals surface area contributed by atoms with Crippen molar-refractivity contribution in [1.29, 1.82) is 0 Å². The van der Waals surface area contributed by atoms with Crippen molar-refractivity contribution in [3.05, 3.63) is 72.1 Å². The van der Waals surface area contributed by atoms with Gasteiger partial charge in [-0.05, 0) is 17.7 Å². The molecule has 0 aliphatic heterocycles. The summed E-state index contributed by atoms with van der Waals surface area (Å²) in [5.74, 6) is 0.468. The second-order valence-corrected chi connectivity index (χ2v) is 5.08. The van der Waals surface area contributed by atoms with E-state index in [9.17, 15) is 0 Å². The van der Waals surface area contributed by atoms with E-state index in [0.717, 1.165) is 28.7 Å². The molecule has 102 valence electrons. The van der Waals surface area contributed by atoms with E-state index >= 15 is 0 Å². The van der Waals surface area contributed by atoms with Crippen LogP contribution >= 0.6 is 0 Å². The molecule has 0 bridgehead atoms. The second-order valence-electron chi connectivity index (χ2n) is 5.08.